The molecule has 4 rings (SSSR count). The molecule has 148 valence electrons. The van der Waals surface area contributed by atoms with Crippen molar-refractivity contribution in [2.75, 3.05) is 13.1 Å². The molecule has 1 aliphatic heterocycles. The summed E-state index contributed by atoms with van der Waals surface area (Å²) in [4.78, 5) is 33.5. The normalized spacial score (nSPS) is 13.9. The van der Waals surface area contributed by atoms with Gasteiger partial charge >= 0.3 is 0 Å². The Labute approximate surface area is 177 Å². The van der Waals surface area contributed by atoms with Gasteiger partial charge in [0.15, 0.2) is 5.01 Å². The Morgan fingerprint density at radius 3 is 2.72 bits per heavy atom. The molecule has 7 heteroatoms. The molecule has 1 aromatic carbocycles. The number of fused-ring (bicyclic) bond motifs is 1. The number of thiazole rings is 1. The minimum Gasteiger partial charge on any atom is -0.346 e. The fourth-order valence-corrected chi connectivity index (χ4v) is 4.81. The largest absolute Gasteiger partial charge is 0.346 e. The van der Waals surface area contributed by atoms with Gasteiger partial charge in [0.05, 0.1) is 5.69 Å². The molecule has 0 radical (unpaired) electrons. The zero-order valence-corrected chi connectivity index (χ0v) is 17.5. The Balaban J connectivity index is 1.34. The van der Waals surface area contributed by atoms with Crippen molar-refractivity contribution >= 4 is 40.6 Å². The van der Waals surface area contributed by atoms with Gasteiger partial charge in [0.25, 0.3) is 5.91 Å². The Kier molecular flexibility index (Phi) is 6.17. The summed E-state index contributed by atoms with van der Waals surface area (Å²) in [6.45, 7) is 1.76. The molecule has 0 aliphatic carbocycles. The van der Waals surface area contributed by atoms with Gasteiger partial charge in [-0.15, -0.1) is 22.7 Å². The molecule has 1 aliphatic rings. The molecule has 5 nitrogen and oxygen atoms in total. The summed E-state index contributed by atoms with van der Waals surface area (Å²) in [5.74, 6) is -0.117. The lowest BCUT2D eigenvalue weighted by molar-refractivity contribution is -0.125. The van der Waals surface area contributed by atoms with E-state index in [1.807, 2.05) is 58.8 Å². The monoisotopic (exact) mass is 423 g/mol. The first kappa shape index (κ1) is 19.5. The van der Waals surface area contributed by atoms with Crippen molar-refractivity contribution in [1.82, 2.24) is 15.2 Å². The smallest absolute Gasteiger partial charge is 0.280 e. The van der Waals surface area contributed by atoms with Gasteiger partial charge in [-0.2, -0.15) is 0 Å². The van der Waals surface area contributed by atoms with E-state index in [1.165, 1.54) is 11.3 Å². The second-order valence-electron chi connectivity index (χ2n) is 6.73. The van der Waals surface area contributed by atoms with Crippen molar-refractivity contribution in [3.8, 4) is 0 Å². The van der Waals surface area contributed by atoms with Crippen LogP contribution < -0.4 is 5.32 Å². The first-order valence-electron chi connectivity index (χ1n) is 9.50. The molecule has 2 amide bonds. The first-order chi connectivity index (χ1) is 14.2. The van der Waals surface area contributed by atoms with E-state index in [1.54, 1.807) is 17.4 Å². The number of aromatic nitrogens is 1. The average Bonchev–Trinajstić information content (AvgIpc) is 3.37. The van der Waals surface area contributed by atoms with E-state index in [4.69, 9.17) is 0 Å². The van der Waals surface area contributed by atoms with E-state index in [0.717, 1.165) is 27.4 Å². The van der Waals surface area contributed by atoms with E-state index in [2.05, 4.69) is 10.3 Å². The summed E-state index contributed by atoms with van der Waals surface area (Å²) in [5, 5.41) is 5.43. The van der Waals surface area contributed by atoms with E-state index >= 15 is 0 Å². The van der Waals surface area contributed by atoms with Crippen LogP contribution in [0.25, 0.3) is 6.08 Å². The Bertz CT molecular complexity index is 985. The molecule has 3 aromatic rings. The van der Waals surface area contributed by atoms with Crippen LogP contribution in [0, 0.1) is 0 Å². The second-order valence-corrected chi connectivity index (χ2v) is 8.79. The summed E-state index contributed by atoms with van der Waals surface area (Å²) >= 11 is 3.05. The van der Waals surface area contributed by atoms with Crippen LogP contribution >= 0.6 is 22.7 Å². The molecule has 0 bridgehead atoms. The van der Waals surface area contributed by atoms with Crippen LogP contribution in [0.1, 0.15) is 30.8 Å². The number of rotatable bonds is 5. The third-order valence-corrected chi connectivity index (χ3v) is 6.73. The minimum atomic E-state index is -0.140. The summed E-state index contributed by atoms with van der Waals surface area (Å²) in [7, 11) is 0. The fourth-order valence-electron chi connectivity index (χ4n) is 3.18. The summed E-state index contributed by atoms with van der Waals surface area (Å²) in [6.07, 6.45) is 4.91. The second kappa shape index (κ2) is 9.15. The molecule has 0 spiro atoms. The zero-order valence-electron chi connectivity index (χ0n) is 15.8. The molecule has 2 aromatic heterocycles. The number of hydrogen-bond acceptors (Lipinski definition) is 5. The van der Waals surface area contributed by atoms with Crippen molar-refractivity contribution in [3.63, 3.8) is 0 Å². The molecular weight excluding hydrogens is 402 g/mol. The molecule has 0 unspecified atom stereocenters. The standard InChI is InChI=1S/C22H21N3O2S2/c26-20(9-8-17-7-4-14-28-17)25-12-10-18-19(11-13-25)29-22(24-18)21(27)23-15-16-5-2-1-3-6-16/h1-9,14H,10-13,15H2,(H,23,27)/b9-8+. The minimum absolute atomic E-state index is 0.0226. The Morgan fingerprint density at radius 1 is 1.10 bits per heavy atom. The van der Waals surface area contributed by atoms with Crippen LogP contribution in [0.3, 0.4) is 0 Å². The summed E-state index contributed by atoms with van der Waals surface area (Å²) < 4.78 is 0. The van der Waals surface area contributed by atoms with Gasteiger partial charge in [-0.25, -0.2) is 4.98 Å². The number of amides is 2. The van der Waals surface area contributed by atoms with Gasteiger partial charge < -0.3 is 10.2 Å². The number of carbonyl (C=O) groups is 2. The Morgan fingerprint density at radius 2 is 1.93 bits per heavy atom. The number of carbonyl (C=O) groups excluding carboxylic acids is 2. The first-order valence-corrected chi connectivity index (χ1v) is 11.2. The quantitative estimate of drug-likeness (QED) is 0.636. The van der Waals surface area contributed by atoms with Crippen LogP contribution in [-0.4, -0.2) is 34.8 Å². The van der Waals surface area contributed by atoms with Crippen LogP contribution in [0.4, 0.5) is 0 Å². The fraction of sp³-hybridized carbons (Fsp3) is 0.227. The van der Waals surface area contributed by atoms with E-state index in [-0.39, 0.29) is 11.8 Å². The highest BCUT2D eigenvalue weighted by atomic mass is 32.1. The van der Waals surface area contributed by atoms with Gasteiger partial charge in [-0.1, -0.05) is 36.4 Å². The maximum atomic E-state index is 12.5. The summed E-state index contributed by atoms with van der Waals surface area (Å²) in [5.41, 5.74) is 2.00. The topological polar surface area (TPSA) is 62.3 Å². The predicted octanol–water partition coefficient (Wildman–Crippen LogP) is 3.78. The van der Waals surface area contributed by atoms with Gasteiger partial charge in [0, 0.05) is 48.3 Å². The lowest BCUT2D eigenvalue weighted by Gasteiger charge is -2.18. The molecule has 0 saturated heterocycles. The van der Waals surface area contributed by atoms with Crippen molar-refractivity contribution < 1.29 is 9.59 Å². The number of nitrogens with zero attached hydrogens (tertiary/aromatic N) is 2. The molecule has 3 heterocycles. The van der Waals surface area contributed by atoms with Crippen molar-refractivity contribution in [2.45, 2.75) is 19.4 Å². The zero-order chi connectivity index (χ0) is 20.1. The number of thiophene rings is 1. The summed E-state index contributed by atoms with van der Waals surface area (Å²) in [6, 6.07) is 13.8. The molecule has 0 atom stereocenters. The van der Waals surface area contributed by atoms with Gasteiger partial charge in [0.2, 0.25) is 5.91 Å². The van der Waals surface area contributed by atoms with Gasteiger partial charge in [0.1, 0.15) is 0 Å². The van der Waals surface area contributed by atoms with E-state index < -0.39 is 0 Å². The van der Waals surface area contributed by atoms with Crippen LogP contribution in [0.2, 0.25) is 0 Å². The van der Waals surface area contributed by atoms with Crippen LogP contribution in [0.15, 0.2) is 53.9 Å². The number of nitrogens with one attached hydrogen (secondary N) is 1. The lowest BCUT2D eigenvalue weighted by Crippen LogP contribution is -2.31. The number of hydrogen-bond donors (Lipinski definition) is 1. The van der Waals surface area contributed by atoms with Gasteiger partial charge in [-0.3, -0.25) is 9.59 Å². The van der Waals surface area contributed by atoms with Crippen molar-refractivity contribution in [1.29, 1.82) is 0 Å². The molecule has 0 saturated carbocycles. The Hall–Kier alpha value is -2.77. The van der Waals surface area contributed by atoms with Gasteiger partial charge in [-0.05, 0) is 23.1 Å². The van der Waals surface area contributed by atoms with Crippen molar-refractivity contribution in [2.24, 2.45) is 0 Å². The third kappa shape index (κ3) is 4.99. The highest BCUT2D eigenvalue weighted by Gasteiger charge is 2.22. The maximum absolute atomic E-state index is 12.5. The number of benzene rings is 1. The molecule has 1 N–H and O–H groups in total. The predicted molar refractivity (Wildman–Crippen MR) is 117 cm³/mol. The lowest BCUT2D eigenvalue weighted by atomic mass is 10.2. The van der Waals surface area contributed by atoms with E-state index in [9.17, 15) is 9.59 Å². The molecule has 0 fully saturated rings. The molecule has 29 heavy (non-hydrogen) atoms. The highest BCUT2D eigenvalue weighted by Crippen LogP contribution is 2.23. The van der Waals surface area contributed by atoms with Crippen LogP contribution in [0.5, 0.6) is 0 Å². The average molecular weight is 424 g/mol. The molecular formula is C22H21N3O2S2. The maximum Gasteiger partial charge on any atom is 0.280 e. The van der Waals surface area contributed by atoms with Crippen LogP contribution in [-0.2, 0) is 24.2 Å². The highest BCUT2D eigenvalue weighted by molar-refractivity contribution is 7.13. The SMILES string of the molecule is O=C(NCc1ccccc1)c1nc2c(s1)CCN(C(=O)/C=C/c1cccs1)CC2. The van der Waals surface area contributed by atoms with Crippen molar-refractivity contribution in [3.05, 3.63) is 79.9 Å². The third-order valence-electron chi connectivity index (χ3n) is 4.74. The van der Waals surface area contributed by atoms with E-state index in [0.29, 0.717) is 31.1 Å².